The molecule has 1 saturated heterocycles. The first-order valence-electron chi connectivity index (χ1n) is 12.7. The van der Waals surface area contributed by atoms with E-state index in [0.717, 1.165) is 11.1 Å². The Labute approximate surface area is 240 Å². The number of nitrogens with zero attached hydrogens (tertiary/aromatic N) is 2. The number of amides is 2. The van der Waals surface area contributed by atoms with Gasteiger partial charge in [0.15, 0.2) is 17.2 Å². The summed E-state index contributed by atoms with van der Waals surface area (Å²) in [6, 6.07) is 7.67. The van der Waals surface area contributed by atoms with E-state index < -0.39 is 11.9 Å². The van der Waals surface area contributed by atoms with E-state index in [9.17, 15) is 19.2 Å². The van der Waals surface area contributed by atoms with Crippen LogP contribution in [-0.2, 0) is 30.3 Å². The largest absolute Gasteiger partial charge is 0.479 e. The van der Waals surface area contributed by atoms with Gasteiger partial charge in [-0.1, -0.05) is 18.2 Å². The molecular weight excluding hydrogens is 592 g/mol. The number of hydrogen-bond donors (Lipinski definition) is 0. The number of ether oxygens (including phenoxy) is 4. The SMILES string of the molecule is CCOC(=O)COc1c(C(=O)OC)sc(-c2cccc(CN(C(C)=O)C3CCN(C(=O)OCC)CC3)c2)c1Br. The highest BCUT2D eigenvalue weighted by Crippen LogP contribution is 2.46. The van der Waals surface area contributed by atoms with E-state index in [0.29, 0.717) is 48.4 Å². The maximum Gasteiger partial charge on any atom is 0.409 e. The molecule has 1 aromatic heterocycles. The quantitative estimate of drug-likeness (QED) is 0.272. The molecule has 0 atom stereocenters. The minimum Gasteiger partial charge on any atom is -0.479 e. The Morgan fingerprint density at radius 1 is 1.10 bits per heavy atom. The van der Waals surface area contributed by atoms with Crippen LogP contribution in [0.15, 0.2) is 28.7 Å². The van der Waals surface area contributed by atoms with E-state index in [1.807, 2.05) is 29.2 Å². The predicted molar refractivity (Wildman–Crippen MR) is 149 cm³/mol. The lowest BCUT2D eigenvalue weighted by Crippen LogP contribution is -2.48. The highest BCUT2D eigenvalue weighted by atomic mass is 79.9. The zero-order chi connectivity index (χ0) is 28.5. The average Bonchev–Trinajstić information content (AvgIpc) is 3.26. The summed E-state index contributed by atoms with van der Waals surface area (Å²) in [6.07, 6.45) is 1.01. The number of carbonyl (C=O) groups excluding carboxylic acids is 4. The van der Waals surface area contributed by atoms with Gasteiger partial charge >= 0.3 is 18.0 Å². The van der Waals surface area contributed by atoms with Gasteiger partial charge in [0.05, 0.1) is 29.7 Å². The number of piperidine rings is 1. The summed E-state index contributed by atoms with van der Waals surface area (Å²) in [6.45, 7) is 6.67. The van der Waals surface area contributed by atoms with Gasteiger partial charge in [-0.2, -0.15) is 0 Å². The van der Waals surface area contributed by atoms with Gasteiger partial charge in [-0.05, 0) is 59.8 Å². The molecule has 0 unspecified atom stereocenters. The average molecular weight is 626 g/mol. The monoisotopic (exact) mass is 624 g/mol. The van der Waals surface area contributed by atoms with Crippen LogP contribution in [0, 0.1) is 0 Å². The fourth-order valence-electron chi connectivity index (χ4n) is 4.35. The van der Waals surface area contributed by atoms with Crippen molar-refractivity contribution in [2.75, 3.05) is 40.0 Å². The Bertz CT molecular complexity index is 1190. The smallest absolute Gasteiger partial charge is 0.409 e. The van der Waals surface area contributed by atoms with Gasteiger partial charge in [-0.15, -0.1) is 11.3 Å². The molecule has 2 aromatic rings. The zero-order valence-corrected chi connectivity index (χ0v) is 24.9. The Morgan fingerprint density at radius 2 is 1.79 bits per heavy atom. The third-order valence-electron chi connectivity index (χ3n) is 6.20. The molecular formula is C27H33BrN2O8S. The molecule has 1 aliphatic heterocycles. The highest BCUT2D eigenvalue weighted by Gasteiger charge is 2.29. The van der Waals surface area contributed by atoms with Crippen LogP contribution in [0.2, 0.25) is 0 Å². The van der Waals surface area contributed by atoms with Crippen LogP contribution in [0.1, 0.15) is 48.8 Å². The topological polar surface area (TPSA) is 112 Å². The second kappa shape index (κ2) is 14.3. The maximum absolute atomic E-state index is 12.6. The summed E-state index contributed by atoms with van der Waals surface area (Å²) in [5.74, 6) is -0.972. The predicted octanol–water partition coefficient (Wildman–Crippen LogP) is 4.88. The Balaban J connectivity index is 1.81. The van der Waals surface area contributed by atoms with Crippen LogP contribution in [0.3, 0.4) is 0 Å². The summed E-state index contributed by atoms with van der Waals surface area (Å²) in [5, 5.41) is 0. The van der Waals surface area contributed by atoms with Crippen LogP contribution in [-0.4, -0.2) is 79.8 Å². The number of benzene rings is 1. The molecule has 2 heterocycles. The standard InChI is InChI=1S/C27H33BrN2O8S/c1-5-36-21(32)16-38-23-22(28)24(39-25(23)26(33)35-4)19-9-7-8-18(14-19)15-30(17(3)31)20-10-12-29(13-11-20)27(34)37-6-2/h7-9,14,20H,5-6,10-13,15-16H2,1-4H3. The second-order valence-electron chi connectivity index (χ2n) is 8.75. The Kier molecular flexibility index (Phi) is 11.2. The molecule has 3 rings (SSSR count). The van der Waals surface area contributed by atoms with Crippen molar-refractivity contribution in [3.8, 4) is 16.2 Å². The molecule has 2 amide bonds. The van der Waals surface area contributed by atoms with Crippen LogP contribution >= 0.6 is 27.3 Å². The third kappa shape index (κ3) is 7.72. The molecule has 12 heteroatoms. The molecule has 0 spiro atoms. The van der Waals surface area contributed by atoms with Gasteiger partial charge in [0.1, 0.15) is 0 Å². The molecule has 212 valence electrons. The number of carbonyl (C=O) groups is 4. The number of rotatable bonds is 10. The van der Waals surface area contributed by atoms with Crippen molar-refractivity contribution in [2.45, 2.75) is 46.2 Å². The van der Waals surface area contributed by atoms with Crippen LogP contribution < -0.4 is 4.74 Å². The summed E-state index contributed by atoms with van der Waals surface area (Å²) in [5.41, 5.74) is 1.71. The van der Waals surface area contributed by atoms with E-state index in [1.54, 1.807) is 25.7 Å². The maximum atomic E-state index is 12.6. The molecule has 0 saturated carbocycles. The molecule has 0 bridgehead atoms. The molecule has 0 aliphatic carbocycles. The first-order chi connectivity index (χ1) is 18.7. The number of esters is 2. The van der Waals surface area contributed by atoms with Gasteiger partial charge in [0.25, 0.3) is 0 Å². The van der Waals surface area contributed by atoms with Gasteiger partial charge < -0.3 is 28.7 Å². The van der Waals surface area contributed by atoms with Crippen molar-refractivity contribution in [3.05, 3.63) is 39.2 Å². The lowest BCUT2D eigenvalue weighted by molar-refractivity contribution is -0.145. The number of methoxy groups -OCH3 is 1. The summed E-state index contributed by atoms with van der Waals surface area (Å²) in [7, 11) is 1.28. The van der Waals surface area contributed by atoms with Crippen molar-refractivity contribution in [1.82, 2.24) is 9.80 Å². The summed E-state index contributed by atoms with van der Waals surface area (Å²) >= 11 is 4.71. The summed E-state index contributed by atoms with van der Waals surface area (Å²) in [4.78, 5) is 53.4. The molecule has 39 heavy (non-hydrogen) atoms. The van der Waals surface area contributed by atoms with Crippen molar-refractivity contribution in [3.63, 3.8) is 0 Å². The van der Waals surface area contributed by atoms with Crippen LogP contribution in [0.25, 0.3) is 10.4 Å². The second-order valence-corrected chi connectivity index (χ2v) is 10.6. The van der Waals surface area contributed by atoms with E-state index in [-0.39, 0.29) is 41.9 Å². The van der Waals surface area contributed by atoms with Gasteiger partial charge in [-0.25, -0.2) is 14.4 Å². The van der Waals surface area contributed by atoms with Crippen molar-refractivity contribution >= 4 is 51.2 Å². The number of hydrogen-bond acceptors (Lipinski definition) is 9. The number of likely N-dealkylation sites (tertiary alicyclic amines) is 1. The molecule has 0 N–H and O–H groups in total. The van der Waals surface area contributed by atoms with Crippen molar-refractivity contribution in [2.24, 2.45) is 0 Å². The normalized spacial score (nSPS) is 13.5. The Morgan fingerprint density at radius 3 is 2.41 bits per heavy atom. The van der Waals surface area contributed by atoms with Gasteiger partial charge in [-0.3, -0.25) is 4.79 Å². The van der Waals surface area contributed by atoms with E-state index in [4.69, 9.17) is 18.9 Å². The van der Waals surface area contributed by atoms with E-state index in [1.165, 1.54) is 18.4 Å². The van der Waals surface area contributed by atoms with Crippen LogP contribution in [0.5, 0.6) is 5.75 Å². The minimum atomic E-state index is -0.584. The van der Waals surface area contributed by atoms with Crippen molar-refractivity contribution in [1.29, 1.82) is 0 Å². The Hall–Kier alpha value is -3.12. The first kappa shape index (κ1) is 30.4. The molecule has 1 fully saturated rings. The molecule has 1 aliphatic rings. The lowest BCUT2D eigenvalue weighted by Gasteiger charge is -2.37. The van der Waals surface area contributed by atoms with E-state index >= 15 is 0 Å². The zero-order valence-electron chi connectivity index (χ0n) is 22.5. The fourth-order valence-corrected chi connectivity index (χ4v) is 6.32. The van der Waals surface area contributed by atoms with Gasteiger partial charge in [0.2, 0.25) is 5.91 Å². The van der Waals surface area contributed by atoms with E-state index in [2.05, 4.69) is 15.9 Å². The number of halogens is 1. The molecule has 1 aromatic carbocycles. The van der Waals surface area contributed by atoms with Crippen LogP contribution in [0.4, 0.5) is 4.79 Å². The molecule has 10 nitrogen and oxygen atoms in total. The molecule has 0 radical (unpaired) electrons. The van der Waals surface area contributed by atoms with Gasteiger partial charge in [0, 0.05) is 32.6 Å². The fraction of sp³-hybridized carbons (Fsp3) is 0.481. The number of thiophene rings is 1. The van der Waals surface area contributed by atoms with Crippen molar-refractivity contribution < 1.29 is 38.1 Å². The first-order valence-corrected chi connectivity index (χ1v) is 14.3. The minimum absolute atomic E-state index is 0.000821. The summed E-state index contributed by atoms with van der Waals surface area (Å²) < 4.78 is 21.1. The third-order valence-corrected chi connectivity index (χ3v) is 8.42. The highest BCUT2D eigenvalue weighted by molar-refractivity contribution is 9.10. The lowest BCUT2D eigenvalue weighted by atomic mass is 10.0.